The lowest BCUT2D eigenvalue weighted by atomic mass is 10.1. The third-order valence-corrected chi connectivity index (χ3v) is 2.57. The standard InChI is InChI=1S/C13H19NO3/c1-8-5-11(6-9(2)12(8)17-4)7-14-13(16)10(3)15/h5-6,10,15H,7H2,1-4H3,(H,14,16). The minimum Gasteiger partial charge on any atom is -0.496 e. The van der Waals surface area contributed by atoms with Gasteiger partial charge in [0, 0.05) is 6.54 Å². The Balaban J connectivity index is 2.77. The van der Waals surface area contributed by atoms with Crippen LogP contribution in [-0.2, 0) is 11.3 Å². The molecule has 4 nitrogen and oxygen atoms in total. The zero-order valence-corrected chi connectivity index (χ0v) is 10.7. The Kier molecular flexibility index (Phi) is 4.52. The quantitative estimate of drug-likeness (QED) is 0.830. The van der Waals surface area contributed by atoms with Crippen LogP contribution in [0.4, 0.5) is 0 Å². The van der Waals surface area contributed by atoms with Crippen LogP contribution in [0, 0.1) is 13.8 Å². The van der Waals surface area contributed by atoms with Crippen LogP contribution in [0.3, 0.4) is 0 Å². The summed E-state index contributed by atoms with van der Waals surface area (Å²) >= 11 is 0. The zero-order valence-electron chi connectivity index (χ0n) is 10.7. The number of aliphatic hydroxyl groups excluding tert-OH is 1. The average Bonchev–Trinajstić information content (AvgIpc) is 2.25. The van der Waals surface area contributed by atoms with Gasteiger partial charge in [0.1, 0.15) is 11.9 Å². The molecule has 1 atom stereocenters. The van der Waals surface area contributed by atoms with Crippen molar-refractivity contribution in [3.63, 3.8) is 0 Å². The lowest BCUT2D eigenvalue weighted by molar-refractivity contribution is -0.128. The van der Waals surface area contributed by atoms with Crippen LogP contribution in [0.15, 0.2) is 12.1 Å². The van der Waals surface area contributed by atoms with Crippen molar-refractivity contribution >= 4 is 5.91 Å². The van der Waals surface area contributed by atoms with Crippen molar-refractivity contribution in [2.24, 2.45) is 0 Å². The highest BCUT2D eigenvalue weighted by molar-refractivity contribution is 5.79. The molecule has 0 saturated heterocycles. The monoisotopic (exact) mass is 237 g/mol. The van der Waals surface area contributed by atoms with E-state index in [1.165, 1.54) is 6.92 Å². The third kappa shape index (κ3) is 3.46. The van der Waals surface area contributed by atoms with Crippen LogP contribution in [0.5, 0.6) is 5.75 Å². The Morgan fingerprint density at radius 1 is 1.41 bits per heavy atom. The van der Waals surface area contributed by atoms with Gasteiger partial charge >= 0.3 is 0 Å². The topological polar surface area (TPSA) is 58.6 Å². The van der Waals surface area contributed by atoms with Crippen molar-refractivity contribution in [3.8, 4) is 5.75 Å². The number of carbonyl (C=O) groups is 1. The van der Waals surface area contributed by atoms with E-state index in [4.69, 9.17) is 9.84 Å². The maximum atomic E-state index is 11.2. The lowest BCUT2D eigenvalue weighted by Crippen LogP contribution is -2.31. The second-order valence-electron chi connectivity index (χ2n) is 4.16. The Morgan fingerprint density at radius 2 is 1.94 bits per heavy atom. The summed E-state index contributed by atoms with van der Waals surface area (Å²) in [7, 11) is 1.64. The summed E-state index contributed by atoms with van der Waals surface area (Å²) in [4.78, 5) is 11.2. The highest BCUT2D eigenvalue weighted by atomic mass is 16.5. The second kappa shape index (κ2) is 5.68. The fraction of sp³-hybridized carbons (Fsp3) is 0.462. The first kappa shape index (κ1) is 13.5. The van der Waals surface area contributed by atoms with Crippen LogP contribution in [0.25, 0.3) is 0 Å². The van der Waals surface area contributed by atoms with Gasteiger partial charge in [0.05, 0.1) is 7.11 Å². The normalized spacial score (nSPS) is 12.1. The summed E-state index contributed by atoms with van der Waals surface area (Å²) in [5, 5.41) is 11.7. The molecule has 0 heterocycles. The van der Waals surface area contributed by atoms with E-state index in [2.05, 4.69) is 5.32 Å². The number of methoxy groups -OCH3 is 1. The fourth-order valence-electron chi connectivity index (χ4n) is 1.80. The number of nitrogens with one attached hydrogen (secondary N) is 1. The predicted octanol–water partition coefficient (Wildman–Crippen LogP) is 1.31. The lowest BCUT2D eigenvalue weighted by Gasteiger charge is -2.12. The summed E-state index contributed by atoms with van der Waals surface area (Å²) in [5.41, 5.74) is 3.07. The van der Waals surface area contributed by atoms with Crippen LogP contribution >= 0.6 is 0 Å². The van der Waals surface area contributed by atoms with Crippen LogP contribution < -0.4 is 10.1 Å². The Bertz CT molecular complexity index is 390. The summed E-state index contributed by atoms with van der Waals surface area (Å²) < 4.78 is 5.27. The molecule has 0 saturated carbocycles. The van der Waals surface area contributed by atoms with Gasteiger partial charge in [-0.3, -0.25) is 4.79 Å². The van der Waals surface area contributed by atoms with Crippen LogP contribution in [0.1, 0.15) is 23.6 Å². The number of aryl methyl sites for hydroxylation is 2. The van der Waals surface area contributed by atoms with Gasteiger partial charge in [-0.2, -0.15) is 0 Å². The molecule has 0 bridgehead atoms. The molecule has 0 aliphatic heterocycles. The molecule has 1 aromatic carbocycles. The minimum absolute atomic E-state index is 0.365. The van der Waals surface area contributed by atoms with E-state index in [9.17, 15) is 4.79 Å². The van der Waals surface area contributed by atoms with E-state index >= 15 is 0 Å². The summed E-state index contributed by atoms with van der Waals surface area (Å²) in [5.74, 6) is 0.506. The highest BCUT2D eigenvalue weighted by Crippen LogP contribution is 2.24. The highest BCUT2D eigenvalue weighted by Gasteiger charge is 2.09. The number of hydrogen-bond acceptors (Lipinski definition) is 3. The molecule has 0 aliphatic carbocycles. The Labute approximate surface area is 102 Å². The number of rotatable bonds is 4. The molecule has 0 spiro atoms. The number of ether oxygens (including phenoxy) is 1. The van der Waals surface area contributed by atoms with E-state index in [1.54, 1.807) is 7.11 Å². The van der Waals surface area contributed by atoms with Gasteiger partial charge in [0.2, 0.25) is 5.91 Å². The smallest absolute Gasteiger partial charge is 0.248 e. The van der Waals surface area contributed by atoms with Crippen LogP contribution in [0.2, 0.25) is 0 Å². The maximum Gasteiger partial charge on any atom is 0.248 e. The number of aliphatic hydroxyl groups is 1. The number of amides is 1. The molecular weight excluding hydrogens is 218 g/mol. The molecule has 1 rings (SSSR count). The third-order valence-electron chi connectivity index (χ3n) is 2.57. The molecule has 17 heavy (non-hydrogen) atoms. The first-order chi connectivity index (χ1) is 7.95. The molecule has 1 amide bonds. The Morgan fingerprint density at radius 3 is 2.35 bits per heavy atom. The maximum absolute atomic E-state index is 11.2. The number of hydrogen-bond donors (Lipinski definition) is 2. The molecule has 94 valence electrons. The molecule has 1 aromatic rings. The van der Waals surface area contributed by atoms with E-state index in [-0.39, 0.29) is 5.91 Å². The SMILES string of the molecule is COc1c(C)cc(CNC(=O)C(C)O)cc1C. The van der Waals surface area contributed by atoms with Gasteiger partial charge < -0.3 is 15.2 Å². The predicted molar refractivity (Wildman–Crippen MR) is 66.0 cm³/mol. The zero-order chi connectivity index (χ0) is 13.0. The van der Waals surface area contributed by atoms with E-state index in [1.807, 2.05) is 26.0 Å². The van der Waals surface area contributed by atoms with E-state index in [0.29, 0.717) is 6.54 Å². The second-order valence-corrected chi connectivity index (χ2v) is 4.16. The summed E-state index contributed by atoms with van der Waals surface area (Å²) in [6.07, 6.45) is -0.976. The van der Waals surface area contributed by atoms with Crippen molar-refractivity contribution in [1.29, 1.82) is 0 Å². The van der Waals surface area contributed by atoms with Crippen molar-refractivity contribution in [1.82, 2.24) is 5.32 Å². The van der Waals surface area contributed by atoms with Gasteiger partial charge in [0.15, 0.2) is 0 Å². The molecular formula is C13H19NO3. The average molecular weight is 237 g/mol. The van der Waals surface area contributed by atoms with Gasteiger partial charge in [-0.1, -0.05) is 12.1 Å². The molecule has 0 fully saturated rings. The van der Waals surface area contributed by atoms with E-state index < -0.39 is 6.10 Å². The van der Waals surface area contributed by atoms with Gasteiger partial charge in [-0.15, -0.1) is 0 Å². The van der Waals surface area contributed by atoms with Gasteiger partial charge in [-0.25, -0.2) is 0 Å². The molecule has 1 unspecified atom stereocenters. The van der Waals surface area contributed by atoms with Gasteiger partial charge in [-0.05, 0) is 37.5 Å². The first-order valence-corrected chi connectivity index (χ1v) is 5.55. The molecule has 0 radical (unpaired) electrons. The number of benzene rings is 1. The van der Waals surface area contributed by atoms with Crippen molar-refractivity contribution in [2.75, 3.05) is 7.11 Å². The molecule has 2 N–H and O–H groups in total. The molecule has 0 aliphatic rings. The van der Waals surface area contributed by atoms with Crippen LogP contribution in [-0.4, -0.2) is 24.2 Å². The number of carbonyl (C=O) groups excluding carboxylic acids is 1. The summed E-state index contributed by atoms with van der Waals surface area (Å²) in [6, 6.07) is 3.93. The fourth-order valence-corrected chi connectivity index (χ4v) is 1.80. The van der Waals surface area contributed by atoms with Gasteiger partial charge in [0.25, 0.3) is 0 Å². The van der Waals surface area contributed by atoms with Crippen molar-refractivity contribution in [2.45, 2.75) is 33.4 Å². The summed E-state index contributed by atoms with van der Waals surface area (Å²) in [6.45, 7) is 5.78. The molecule has 4 heteroatoms. The largest absolute Gasteiger partial charge is 0.496 e. The first-order valence-electron chi connectivity index (χ1n) is 5.55. The van der Waals surface area contributed by atoms with Crippen molar-refractivity contribution in [3.05, 3.63) is 28.8 Å². The Hall–Kier alpha value is -1.55. The van der Waals surface area contributed by atoms with E-state index in [0.717, 1.165) is 22.4 Å². The molecule has 0 aromatic heterocycles. The minimum atomic E-state index is -0.976. The van der Waals surface area contributed by atoms with Crippen molar-refractivity contribution < 1.29 is 14.6 Å².